The van der Waals surface area contributed by atoms with E-state index < -0.39 is 11.6 Å². The summed E-state index contributed by atoms with van der Waals surface area (Å²) in [6.45, 7) is 4.51. The predicted octanol–water partition coefficient (Wildman–Crippen LogP) is 2.60. The number of aromatic nitrogens is 1. The van der Waals surface area contributed by atoms with Gasteiger partial charge in [-0.25, -0.2) is 8.78 Å². The molecule has 0 radical (unpaired) electrons. The largest absolute Gasteiger partial charge is 0.470 e. The van der Waals surface area contributed by atoms with Crippen molar-refractivity contribution in [2.75, 3.05) is 25.6 Å². The minimum atomic E-state index is -0.822. The zero-order chi connectivity index (χ0) is 13.5. The Hall–Kier alpha value is -1.43. The molecule has 0 saturated carbocycles. The van der Waals surface area contributed by atoms with Crippen LogP contribution in [0.5, 0.6) is 5.88 Å². The van der Waals surface area contributed by atoms with Gasteiger partial charge in [0.1, 0.15) is 6.10 Å². The van der Waals surface area contributed by atoms with Gasteiger partial charge < -0.3 is 14.8 Å². The summed E-state index contributed by atoms with van der Waals surface area (Å²) in [7, 11) is 1.52. The maximum atomic E-state index is 13.5. The summed E-state index contributed by atoms with van der Waals surface area (Å²) in [5.41, 5.74) is 0. The molecule has 1 rings (SSSR count). The molecule has 1 aromatic heterocycles. The van der Waals surface area contributed by atoms with Crippen LogP contribution < -0.4 is 10.1 Å². The van der Waals surface area contributed by atoms with Crippen LogP contribution in [0.4, 0.5) is 14.6 Å². The molecule has 0 aliphatic rings. The summed E-state index contributed by atoms with van der Waals surface area (Å²) >= 11 is 0. The SMILES string of the molecule is CCCNc1nc(OC(C)COC)c(F)cc1F. The summed E-state index contributed by atoms with van der Waals surface area (Å²) in [5.74, 6) is -1.78. The average Bonchev–Trinajstić information content (AvgIpc) is 2.31. The molecule has 0 spiro atoms. The van der Waals surface area contributed by atoms with Gasteiger partial charge in [-0.05, 0) is 13.3 Å². The smallest absolute Gasteiger partial charge is 0.252 e. The number of nitrogens with one attached hydrogen (secondary N) is 1. The number of nitrogens with zero attached hydrogens (tertiary/aromatic N) is 1. The highest BCUT2D eigenvalue weighted by Gasteiger charge is 2.15. The van der Waals surface area contributed by atoms with Crippen molar-refractivity contribution in [2.45, 2.75) is 26.4 Å². The molecule has 6 heteroatoms. The average molecular weight is 260 g/mol. The Bertz CT molecular complexity index is 389. The van der Waals surface area contributed by atoms with E-state index in [2.05, 4.69) is 10.3 Å². The second-order valence-corrected chi connectivity index (χ2v) is 3.92. The first-order valence-corrected chi connectivity index (χ1v) is 5.84. The number of methoxy groups -OCH3 is 1. The van der Waals surface area contributed by atoms with E-state index >= 15 is 0 Å². The van der Waals surface area contributed by atoms with Crippen LogP contribution in [0.3, 0.4) is 0 Å². The topological polar surface area (TPSA) is 43.4 Å². The van der Waals surface area contributed by atoms with Gasteiger partial charge in [-0.3, -0.25) is 0 Å². The maximum Gasteiger partial charge on any atom is 0.252 e. The van der Waals surface area contributed by atoms with Crippen molar-refractivity contribution in [2.24, 2.45) is 0 Å². The second kappa shape index (κ2) is 7.10. The standard InChI is InChI=1S/C12H18F2N2O2/c1-4-5-15-11-9(13)6-10(14)12(16-11)18-8(2)7-17-3/h6,8H,4-5,7H2,1-3H3,(H,15,16). The van der Waals surface area contributed by atoms with Crippen LogP contribution in [0.15, 0.2) is 6.07 Å². The number of anilines is 1. The van der Waals surface area contributed by atoms with Crippen LogP contribution in [0.25, 0.3) is 0 Å². The molecular formula is C12H18F2N2O2. The highest BCUT2D eigenvalue weighted by Crippen LogP contribution is 2.21. The summed E-state index contributed by atoms with van der Waals surface area (Å²) < 4.78 is 37.0. The number of hydrogen-bond acceptors (Lipinski definition) is 4. The second-order valence-electron chi connectivity index (χ2n) is 3.92. The number of ether oxygens (including phenoxy) is 2. The molecule has 1 N–H and O–H groups in total. The molecule has 0 fully saturated rings. The molecule has 0 amide bonds. The molecule has 18 heavy (non-hydrogen) atoms. The van der Waals surface area contributed by atoms with Gasteiger partial charge in [0, 0.05) is 19.7 Å². The van der Waals surface area contributed by atoms with Crippen LogP contribution in [0.2, 0.25) is 0 Å². The van der Waals surface area contributed by atoms with Crippen molar-refractivity contribution in [3.63, 3.8) is 0 Å². The van der Waals surface area contributed by atoms with Gasteiger partial charge in [0.15, 0.2) is 17.5 Å². The molecule has 1 aromatic rings. The van der Waals surface area contributed by atoms with E-state index in [1.165, 1.54) is 7.11 Å². The summed E-state index contributed by atoms with van der Waals surface area (Å²) in [5, 5.41) is 2.77. The van der Waals surface area contributed by atoms with Gasteiger partial charge in [-0.1, -0.05) is 6.92 Å². The lowest BCUT2D eigenvalue weighted by Crippen LogP contribution is -2.20. The van der Waals surface area contributed by atoms with Crippen molar-refractivity contribution in [1.29, 1.82) is 0 Å². The van der Waals surface area contributed by atoms with Gasteiger partial charge >= 0.3 is 0 Å². The first-order chi connectivity index (χ1) is 8.58. The normalized spacial score (nSPS) is 12.3. The number of hydrogen-bond donors (Lipinski definition) is 1. The molecule has 0 saturated heterocycles. The fourth-order valence-electron chi connectivity index (χ4n) is 1.36. The fourth-order valence-corrected chi connectivity index (χ4v) is 1.36. The maximum absolute atomic E-state index is 13.5. The number of pyridine rings is 1. The monoisotopic (exact) mass is 260 g/mol. The summed E-state index contributed by atoms with van der Waals surface area (Å²) in [6, 6.07) is 0.764. The highest BCUT2D eigenvalue weighted by atomic mass is 19.1. The van der Waals surface area contributed by atoms with Crippen LogP contribution in [0, 0.1) is 11.6 Å². The lowest BCUT2D eigenvalue weighted by atomic mass is 10.4. The van der Waals surface area contributed by atoms with E-state index in [4.69, 9.17) is 9.47 Å². The molecule has 1 heterocycles. The van der Waals surface area contributed by atoms with Crippen molar-refractivity contribution in [1.82, 2.24) is 4.98 Å². The van der Waals surface area contributed by atoms with Gasteiger partial charge in [0.2, 0.25) is 0 Å². The van der Waals surface area contributed by atoms with Gasteiger partial charge in [0.25, 0.3) is 5.88 Å². The summed E-state index contributed by atoms with van der Waals surface area (Å²) in [4.78, 5) is 3.79. The van der Waals surface area contributed by atoms with E-state index in [9.17, 15) is 8.78 Å². The molecule has 0 bridgehead atoms. The van der Waals surface area contributed by atoms with Crippen molar-refractivity contribution in [3.05, 3.63) is 17.7 Å². The molecule has 0 aliphatic heterocycles. The van der Waals surface area contributed by atoms with Gasteiger partial charge in [-0.15, -0.1) is 0 Å². The molecule has 4 nitrogen and oxygen atoms in total. The van der Waals surface area contributed by atoms with Crippen LogP contribution in [-0.2, 0) is 4.74 Å². The molecule has 0 aromatic carbocycles. The molecule has 0 aliphatic carbocycles. The zero-order valence-corrected chi connectivity index (χ0v) is 10.8. The van der Waals surface area contributed by atoms with Crippen LogP contribution in [-0.4, -0.2) is 31.3 Å². The first kappa shape index (κ1) is 14.6. The Balaban J connectivity index is 2.83. The Morgan fingerprint density at radius 1 is 1.39 bits per heavy atom. The molecule has 102 valence electrons. The van der Waals surface area contributed by atoms with E-state index in [0.29, 0.717) is 13.2 Å². The molecule has 1 atom stereocenters. The van der Waals surface area contributed by atoms with E-state index in [-0.39, 0.29) is 17.8 Å². The van der Waals surface area contributed by atoms with Crippen molar-refractivity contribution >= 4 is 5.82 Å². The van der Waals surface area contributed by atoms with Gasteiger partial charge in [0.05, 0.1) is 6.61 Å². The third kappa shape index (κ3) is 4.10. The Morgan fingerprint density at radius 3 is 2.72 bits per heavy atom. The zero-order valence-electron chi connectivity index (χ0n) is 10.8. The lowest BCUT2D eigenvalue weighted by molar-refractivity contribution is 0.0858. The number of halogens is 2. The lowest BCUT2D eigenvalue weighted by Gasteiger charge is -2.14. The Kier molecular flexibility index (Phi) is 5.77. The van der Waals surface area contributed by atoms with Gasteiger partial charge in [-0.2, -0.15) is 4.98 Å². The quantitative estimate of drug-likeness (QED) is 0.818. The fraction of sp³-hybridized carbons (Fsp3) is 0.583. The minimum Gasteiger partial charge on any atom is -0.470 e. The van der Waals surface area contributed by atoms with Crippen LogP contribution >= 0.6 is 0 Å². The Labute approximate surface area is 105 Å². The summed E-state index contributed by atoms with van der Waals surface area (Å²) in [6.07, 6.45) is 0.455. The molecular weight excluding hydrogens is 242 g/mol. The minimum absolute atomic E-state index is 0.00198. The molecule has 1 unspecified atom stereocenters. The third-order valence-electron chi connectivity index (χ3n) is 2.15. The van der Waals surface area contributed by atoms with E-state index in [0.717, 1.165) is 12.5 Å². The first-order valence-electron chi connectivity index (χ1n) is 5.84. The van der Waals surface area contributed by atoms with Crippen LogP contribution in [0.1, 0.15) is 20.3 Å². The van der Waals surface area contributed by atoms with E-state index in [1.807, 2.05) is 6.92 Å². The van der Waals surface area contributed by atoms with Crippen molar-refractivity contribution < 1.29 is 18.3 Å². The Morgan fingerprint density at radius 2 is 2.11 bits per heavy atom. The van der Waals surface area contributed by atoms with Crippen molar-refractivity contribution in [3.8, 4) is 5.88 Å². The predicted molar refractivity (Wildman–Crippen MR) is 64.9 cm³/mol. The third-order valence-corrected chi connectivity index (χ3v) is 2.15. The van der Waals surface area contributed by atoms with E-state index in [1.54, 1.807) is 6.92 Å². The number of rotatable bonds is 7. The highest BCUT2D eigenvalue weighted by molar-refractivity contribution is 5.39.